The number of carboxylic acids is 2. The van der Waals surface area contributed by atoms with Gasteiger partial charge in [-0.3, -0.25) is 4.90 Å². The zero-order valence-electron chi connectivity index (χ0n) is 20.8. The molecule has 4 atom stereocenters. The molecule has 192 valence electrons. The molecule has 2 N–H and O–H groups in total. The number of likely N-dealkylation sites (tertiary alicyclic amines) is 1. The van der Waals surface area contributed by atoms with Crippen LogP contribution in [0.1, 0.15) is 56.8 Å². The Morgan fingerprint density at radius 3 is 2.28 bits per heavy atom. The van der Waals surface area contributed by atoms with Gasteiger partial charge in [0.1, 0.15) is 23.0 Å². The van der Waals surface area contributed by atoms with Crippen LogP contribution in [-0.2, 0) is 9.53 Å². The summed E-state index contributed by atoms with van der Waals surface area (Å²) in [5.41, 5.74) is 1.21. The summed E-state index contributed by atoms with van der Waals surface area (Å²) in [5, 5.41) is 19.5. The van der Waals surface area contributed by atoms with Gasteiger partial charge in [-0.1, -0.05) is 36.4 Å². The number of benzene rings is 2. The average Bonchev–Trinajstić information content (AvgIpc) is 2.82. The zero-order chi connectivity index (χ0) is 26.0. The number of carbonyl (C=O) groups is 3. The van der Waals surface area contributed by atoms with E-state index >= 15 is 0 Å². The maximum Gasteiger partial charge on any atom is 0.411 e. The van der Waals surface area contributed by atoms with E-state index in [0.717, 1.165) is 17.5 Å². The molecule has 0 bridgehead atoms. The standard InChI is InChI=1S/C28H33NO7/c1-28(2,3)36-27(34)29-16-19-9-11-21(13-20(19)14-23(29)26(32)33)35-24-15-18(10-12-22(24)25(30)31)17-7-5-4-6-8-17/h4-8,10,12,15,19-21,23H,9,11,13-14,16H2,1-3H3,(H,30,31)(H,32,33). The molecule has 1 saturated heterocycles. The van der Waals surface area contributed by atoms with Crippen LogP contribution in [0.15, 0.2) is 48.5 Å². The number of rotatable bonds is 5. The number of fused-ring (bicyclic) bond motifs is 1. The first-order valence-electron chi connectivity index (χ1n) is 12.3. The molecule has 0 spiro atoms. The highest BCUT2D eigenvalue weighted by Gasteiger charge is 2.45. The Kier molecular flexibility index (Phi) is 7.24. The van der Waals surface area contributed by atoms with E-state index in [4.69, 9.17) is 9.47 Å². The SMILES string of the molecule is CC(C)(C)OC(=O)N1CC2CCC(Oc3cc(-c4ccccc4)ccc3C(=O)O)CC2CC1C(=O)O. The normalized spacial score (nSPS) is 23.9. The monoisotopic (exact) mass is 495 g/mol. The molecule has 4 unspecified atom stereocenters. The van der Waals surface area contributed by atoms with Crippen molar-refractivity contribution >= 4 is 18.0 Å². The van der Waals surface area contributed by atoms with Gasteiger partial charge in [0.25, 0.3) is 0 Å². The molecule has 0 radical (unpaired) electrons. The van der Waals surface area contributed by atoms with E-state index in [1.54, 1.807) is 39.0 Å². The number of hydrogen-bond donors (Lipinski definition) is 2. The lowest BCUT2D eigenvalue weighted by Gasteiger charge is -2.46. The topological polar surface area (TPSA) is 113 Å². The van der Waals surface area contributed by atoms with E-state index in [9.17, 15) is 24.6 Å². The zero-order valence-corrected chi connectivity index (χ0v) is 20.8. The van der Waals surface area contributed by atoms with Crippen LogP contribution >= 0.6 is 0 Å². The average molecular weight is 496 g/mol. The van der Waals surface area contributed by atoms with Crippen LogP contribution in [0.4, 0.5) is 4.79 Å². The number of aromatic carboxylic acids is 1. The van der Waals surface area contributed by atoms with Gasteiger partial charge >= 0.3 is 18.0 Å². The summed E-state index contributed by atoms with van der Waals surface area (Å²) in [5.74, 6) is -1.61. The first-order valence-corrected chi connectivity index (χ1v) is 12.3. The van der Waals surface area contributed by atoms with Gasteiger partial charge < -0.3 is 19.7 Å². The summed E-state index contributed by atoms with van der Waals surface area (Å²) in [4.78, 5) is 38.0. The summed E-state index contributed by atoms with van der Waals surface area (Å²) in [6, 6.07) is 13.8. The fourth-order valence-corrected chi connectivity index (χ4v) is 5.26. The maximum absolute atomic E-state index is 12.7. The highest BCUT2D eigenvalue weighted by molar-refractivity contribution is 5.92. The molecule has 1 aliphatic carbocycles. The predicted molar refractivity (Wildman–Crippen MR) is 133 cm³/mol. The first kappa shape index (κ1) is 25.5. The van der Waals surface area contributed by atoms with Crippen LogP contribution in [0.2, 0.25) is 0 Å². The molecule has 2 aliphatic rings. The Morgan fingerprint density at radius 2 is 1.64 bits per heavy atom. The molecule has 8 heteroatoms. The van der Waals surface area contributed by atoms with Crippen LogP contribution < -0.4 is 4.74 Å². The van der Waals surface area contributed by atoms with Gasteiger partial charge in [0.15, 0.2) is 0 Å². The predicted octanol–water partition coefficient (Wildman–Crippen LogP) is 5.31. The minimum atomic E-state index is -1.06. The van der Waals surface area contributed by atoms with Crippen molar-refractivity contribution in [3.05, 3.63) is 54.1 Å². The Balaban J connectivity index is 1.50. The molecule has 2 aromatic rings. The lowest BCUT2D eigenvalue weighted by atomic mass is 9.72. The molecule has 36 heavy (non-hydrogen) atoms. The van der Waals surface area contributed by atoms with Crippen LogP contribution in [0, 0.1) is 11.8 Å². The van der Waals surface area contributed by atoms with Gasteiger partial charge in [0.05, 0.1) is 6.10 Å². The quantitative estimate of drug-likeness (QED) is 0.578. The van der Waals surface area contributed by atoms with Crippen molar-refractivity contribution in [2.24, 2.45) is 11.8 Å². The van der Waals surface area contributed by atoms with Crippen molar-refractivity contribution in [3.63, 3.8) is 0 Å². The molecule has 1 heterocycles. The number of carbonyl (C=O) groups excluding carboxylic acids is 1. The second-order valence-corrected chi connectivity index (χ2v) is 10.7. The Hall–Kier alpha value is -3.55. The maximum atomic E-state index is 12.7. The highest BCUT2D eigenvalue weighted by Crippen LogP contribution is 2.41. The van der Waals surface area contributed by atoms with Crippen molar-refractivity contribution < 1.29 is 34.1 Å². The van der Waals surface area contributed by atoms with Crippen molar-refractivity contribution in [3.8, 4) is 16.9 Å². The fourth-order valence-electron chi connectivity index (χ4n) is 5.26. The van der Waals surface area contributed by atoms with Crippen molar-refractivity contribution in [1.29, 1.82) is 0 Å². The minimum Gasteiger partial charge on any atom is -0.489 e. The van der Waals surface area contributed by atoms with Gasteiger partial charge in [0.2, 0.25) is 0 Å². The van der Waals surface area contributed by atoms with Gasteiger partial charge in [-0.15, -0.1) is 0 Å². The molecule has 1 saturated carbocycles. The Morgan fingerprint density at radius 1 is 0.917 bits per heavy atom. The van der Waals surface area contributed by atoms with E-state index in [1.807, 2.05) is 30.3 Å². The van der Waals surface area contributed by atoms with Crippen molar-refractivity contribution in [2.45, 2.75) is 64.2 Å². The van der Waals surface area contributed by atoms with Crippen LogP contribution in [0.3, 0.4) is 0 Å². The van der Waals surface area contributed by atoms with Crippen molar-refractivity contribution in [1.82, 2.24) is 4.90 Å². The third-order valence-corrected chi connectivity index (χ3v) is 6.95. The number of aliphatic carboxylic acids is 1. The smallest absolute Gasteiger partial charge is 0.411 e. The molecule has 2 aromatic carbocycles. The second-order valence-electron chi connectivity index (χ2n) is 10.7. The van der Waals surface area contributed by atoms with Gasteiger partial charge in [-0.2, -0.15) is 0 Å². The van der Waals surface area contributed by atoms with Crippen molar-refractivity contribution in [2.75, 3.05) is 6.54 Å². The number of nitrogens with zero attached hydrogens (tertiary/aromatic N) is 1. The molecular weight excluding hydrogens is 462 g/mol. The number of ether oxygens (including phenoxy) is 2. The third kappa shape index (κ3) is 5.80. The summed E-state index contributed by atoms with van der Waals surface area (Å²) >= 11 is 0. The lowest BCUT2D eigenvalue weighted by Crippen LogP contribution is -2.56. The largest absolute Gasteiger partial charge is 0.489 e. The molecule has 2 fully saturated rings. The molecule has 8 nitrogen and oxygen atoms in total. The van der Waals surface area contributed by atoms with Crippen LogP contribution in [0.5, 0.6) is 5.75 Å². The van der Waals surface area contributed by atoms with E-state index in [-0.39, 0.29) is 23.5 Å². The van der Waals surface area contributed by atoms with Gasteiger partial charge in [0, 0.05) is 6.54 Å². The second kappa shape index (κ2) is 10.2. The fraction of sp³-hybridized carbons (Fsp3) is 0.464. The van der Waals surface area contributed by atoms with E-state index < -0.39 is 29.7 Å². The highest BCUT2D eigenvalue weighted by atomic mass is 16.6. The number of hydrogen-bond acceptors (Lipinski definition) is 5. The first-order chi connectivity index (χ1) is 17.0. The molecular formula is C28H33NO7. The van der Waals surface area contributed by atoms with Gasteiger partial charge in [-0.05, 0) is 81.5 Å². The number of carboxylic acid groups (broad SMARTS) is 2. The summed E-state index contributed by atoms with van der Waals surface area (Å²) < 4.78 is 11.7. The third-order valence-electron chi connectivity index (χ3n) is 6.95. The Labute approximate surface area is 210 Å². The van der Waals surface area contributed by atoms with Crippen LogP contribution in [-0.4, -0.2) is 57.4 Å². The Bertz CT molecular complexity index is 1120. The summed E-state index contributed by atoms with van der Waals surface area (Å²) in [6.07, 6.45) is 1.52. The van der Waals surface area contributed by atoms with E-state index in [0.29, 0.717) is 31.6 Å². The number of piperidine rings is 1. The molecule has 1 aliphatic heterocycles. The molecule has 1 amide bonds. The molecule has 0 aromatic heterocycles. The van der Waals surface area contributed by atoms with E-state index in [1.165, 1.54) is 4.90 Å². The van der Waals surface area contributed by atoms with Gasteiger partial charge in [-0.25, -0.2) is 14.4 Å². The lowest BCUT2D eigenvalue weighted by molar-refractivity contribution is -0.147. The summed E-state index contributed by atoms with van der Waals surface area (Å²) in [7, 11) is 0. The van der Waals surface area contributed by atoms with Crippen LogP contribution in [0.25, 0.3) is 11.1 Å². The number of amides is 1. The van der Waals surface area contributed by atoms with E-state index in [2.05, 4.69) is 0 Å². The molecule has 4 rings (SSSR count). The summed E-state index contributed by atoms with van der Waals surface area (Å²) in [6.45, 7) is 5.60. The minimum absolute atomic E-state index is 0.0501.